The number of hydrogen-bond acceptors (Lipinski definition) is 6. The zero-order valence-corrected chi connectivity index (χ0v) is 17.5. The Kier molecular flexibility index (Phi) is 6.30. The highest BCUT2D eigenvalue weighted by Crippen LogP contribution is 2.43. The molecular weight excluding hydrogens is 449 g/mol. The molecule has 2 aromatic rings. The van der Waals surface area contributed by atoms with Gasteiger partial charge in [0.05, 0.1) is 25.6 Å². The van der Waals surface area contributed by atoms with Gasteiger partial charge in [0.1, 0.15) is 0 Å². The van der Waals surface area contributed by atoms with Gasteiger partial charge in [0.25, 0.3) is 15.9 Å². The van der Waals surface area contributed by atoms with E-state index in [1.54, 1.807) is 11.1 Å². The van der Waals surface area contributed by atoms with Crippen LogP contribution in [0.25, 0.3) is 0 Å². The van der Waals surface area contributed by atoms with Crippen LogP contribution in [0.15, 0.2) is 33.4 Å². The summed E-state index contributed by atoms with van der Waals surface area (Å²) < 4.78 is 64.8. The van der Waals surface area contributed by atoms with E-state index in [9.17, 15) is 31.5 Å². The van der Waals surface area contributed by atoms with Crippen molar-refractivity contribution in [3.63, 3.8) is 0 Å². The number of carbonyl (C=O) groups excluding carboxylic acids is 1. The molecule has 0 saturated carbocycles. The predicted molar refractivity (Wildman–Crippen MR) is 103 cm³/mol. The Balaban J connectivity index is 1.85. The van der Waals surface area contributed by atoms with Crippen LogP contribution in [0.1, 0.15) is 45.3 Å². The molecule has 1 heterocycles. The minimum atomic E-state index is -4.87. The van der Waals surface area contributed by atoms with Crippen molar-refractivity contribution in [3.05, 3.63) is 45.8 Å². The standard InChI is InChI=1S/C17H17F3N2O4S3/c1-27-16-13-9(5-4-7-11(13)23)14(28-16)15(24)21-22-29(25,26)12-8-3-2-6-10(12)17(18,19)20/h2-3,6,8,11,22-23H,4-5,7H2,1H3,(H,21,24)/t11-/m1/s1. The van der Waals surface area contributed by atoms with Crippen LogP contribution in [-0.4, -0.2) is 25.7 Å². The van der Waals surface area contributed by atoms with Crippen molar-refractivity contribution in [2.45, 2.75) is 40.6 Å². The highest BCUT2D eigenvalue weighted by molar-refractivity contribution is 8.00. The molecule has 0 fully saturated rings. The number of hydrazine groups is 1. The molecule has 3 N–H and O–H groups in total. The molecule has 29 heavy (non-hydrogen) atoms. The van der Waals surface area contributed by atoms with Crippen LogP contribution in [0.3, 0.4) is 0 Å². The van der Waals surface area contributed by atoms with E-state index < -0.39 is 38.7 Å². The van der Waals surface area contributed by atoms with Gasteiger partial charge >= 0.3 is 6.18 Å². The topological polar surface area (TPSA) is 95.5 Å². The van der Waals surface area contributed by atoms with E-state index >= 15 is 0 Å². The number of fused-ring (bicyclic) bond motifs is 1. The van der Waals surface area contributed by atoms with Crippen molar-refractivity contribution in [2.75, 3.05) is 6.26 Å². The number of benzene rings is 1. The zero-order chi connectivity index (χ0) is 21.4. The summed E-state index contributed by atoms with van der Waals surface area (Å²) in [5, 5.41) is 10.2. The molecule has 1 aromatic carbocycles. The van der Waals surface area contributed by atoms with Gasteiger partial charge in [0, 0.05) is 5.56 Å². The summed E-state index contributed by atoms with van der Waals surface area (Å²) >= 11 is 2.48. The molecule has 0 saturated heterocycles. The number of hydrogen-bond donors (Lipinski definition) is 3. The van der Waals surface area contributed by atoms with Gasteiger partial charge in [-0.05, 0) is 43.2 Å². The minimum Gasteiger partial charge on any atom is -0.388 e. The average molecular weight is 467 g/mol. The lowest BCUT2D eigenvalue weighted by molar-refractivity contribution is -0.139. The molecule has 1 atom stereocenters. The fraction of sp³-hybridized carbons (Fsp3) is 0.353. The Hall–Kier alpha value is -1.60. The molecule has 0 bridgehead atoms. The van der Waals surface area contributed by atoms with Gasteiger partial charge in [-0.3, -0.25) is 10.2 Å². The van der Waals surface area contributed by atoms with E-state index in [0.29, 0.717) is 36.5 Å². The van der Waals surface area contributed by atoms with Gasteiger partial charge in [0.2, 0.25) is 0 Å². The van der Waals surface area contributed by atoms with Crippen molar-refractivity contribution < 1.29 is 31.5 Å². The van der Waals surface area contributed by atoms with Crippen LogP contribution >= 0.6 is 23.1 Å². The van der Waals surface area contributed by atoms with E-state index in [0.717, 1.165) is 33.7 Å². The third-order valence-electron chi connectivity index (χ3n) is 4.42. The van der Waals surface area contributed by atoms with Crippen LogP contribution in [-0.2, 0) is 22.6 Å². The third-order valence-corrected chi connectivity index (χ3v) is 8.11. The van der Waals surface area contributed by atoms with Gasteiger partial charge in [-0.15, -0.1) is 27.9 Å². The van der Waals surface area contributed by atoms with E-state index in [1.807, 2.05) is 5.43 Å². The van der Waals surface area contributed by atoms with Gasteiger partial charge in [-0.25, -0.2) is 8.42 Å². The van der Waals surface area contributed by atoms with Crippen molar-refractivity contribution in [3.8, 4) is 0 Å². The second-order valence-electron chi connectivity index (χ2n) is 6.28. The Morgan fingerprint density at radius 3 is 2.66 bits per heavy atom. The molecule has 1 aromatic heterocycles. The number of nitrogens with one attached hydrogen (secondary N) is 2. The molecule has 1 aliphatic rings. The minimum absolute atomic E-state index is 0.231. The highest BCUT2D eigenvalue weighted by Gasteiger charge is 2.37. The summed E-state index contributed by atoms with van der Waals surface area (Å²) in [6.45, 7) is 0. The van der Waals surface area contributed by atoms with Crippen molar-refractivity contribution in [1.29, 1.82) is 0 Å². The summed E-state index contributed by atoms with van der Waals surface area (Å²) in [4.78, 5) is 13.6. The molecule has 0 radical (unpaired) electrons. The summed E-state index contributed by atoms with van der Waals surface area (Å²) in [5.74, 6) is -0.784. The Morgan fingerprint density at radius 1 is 1.31 bits per heavy atom. The molecule has 3 rings (SSSR count). The van der Waals surface area contributed by atoms with E-state index in [4.69, 9.17) is 0 Å². The molecule has 6 nitrogen and oxygen atoms in total. The molecule has 12 heteroatoms. The number of halogens is 3. The van der Waals surface area contributed by atoms with Gasteiger partial charge in [0.15, 0.2) is 0 Å². The fourth-order valence-corrected chi connectivity index (χ4v) is 6.32. The second-order valence-corrected chi connectivity index (χ2v) is 10.0. The Bertz CT molecular complexity index is 1040. The monoisotopic (exact) mass is 466 g/mol. The number of aliphatic hydroxyl groups excluding tert-OH is 1. The van der Waals surface area contributed by atoms with Crippen molar-refractivity contribution >= 4 is 39.0 Å². The van der Waals surface area contributed by atoms with Gasteiger partial charge < -0.3 is 5.11 Å². The van der Waals surface area contributed by atoms with Crippen LogP contribution in [0, 0.1) is 0 Å². The average Bonchev–Trinajstić information content (AvgIpc) is 3.06. The highest BCUT2D eigenvalue weighted by atomic mass is 32.2. The summed E-state index contributed by atoms with van der Waals surface area (Å²) in [7, 11) is -4.66. The molecule has 1 amide bonds. The molecule has 1 aliphatic carbocycles. The lowest BCUT2D eigenvalue weighted by Gasteiger charge is -2.19. The first-order valence-corrected chi connectivity index (χ1v) is 11.9. The maximum Gasteiger partial charge on any atom is 0.417 e. The van der Waals surface area contributed by atoms with Crippen LogP contribution in [0.4, 0.5) is 13.2 Å². The van der Waals surface area contributed by atoms with Crippen LogP contribution in [0.5, 0.6) is 0 Å². The first-order chi connectivity index (χ1) is 13.6. The third kappa shape index (κ3) is 4.45. The van der Waals surface area contributed by atoms with Crippen molar-refractivity contribution in [1.82, 2.24) is 10.3 Å². The maximum atomic E-state index is 13.1. The summed E-state index contributed by atoms with van der Waals surface area (Å²) in [6.07, 6.45) is -1.98. The summed E-state index contributed by atoms with van der Waals surface area (Å²) in [5.41, 5.74) is 1.98. The SMILES string of the molecule is CSc1sc(C(=O)NNS(=O)(=O)c2ccccc2C(F)(F)F)c2c1[C@H](O)CCC2. The Labute approximate surface area is 173 Å². The second kappa shape index (κ2) is 8.26. The number of sulfonamides is 1. The zero-order valence-electron chi connectivity index (χ0n) is 15.0. The number of thioether (sulfide) groups is 1. The predicted octanol–water partition coefficient (Wildman–Crippen LogP) is 3.48. The largest absolute Gasteiger partial charge is 0.417 e. The van der Waals surface area contributed by atoms with Crippen molar-refractivity contribution in [2.24, 2.45) is 0 Å². The van der Waals surface area contributed by atoms with Crippen LogP contribution < -0.4 is 10.3 Å². The van der Waals surface area contributed by atoms with E-state index in [1.165, 1.54) is 11.8 Å². The number of thiophene rings is 1. The van der Waals surface area contributed by atoms with E-state index in [-0.39, 0.29) is 4.88 Å². The summed E-state index contributed by atoms with van der Waals surface area (Å²) in [6, 6.07) is 3.70. The molecule has 0 aliphatic heterocycles. The van der Waals surface area contributed by atoms with Gasteiger partial charge in [-0.2, -0.15) is 13.2 Å². The molecule has 0 spiro atoms. The lowest BCUT2D eigenvalue weighted by atomic mass is 9.91. The Morgan fingerprint density at radius 2 is 2.00 bits per heavy atom. The number of aliphatic hydroxyl groups is 1. The van der Waals surface area contributed by atoms with Crippen LogP contribution in [0.2, 0.25) is 0 Å². The first-order valence-electron chi connectivity index (χ1n) is 8.42. The molecular formula is C17H17F3N2O4S3. The number of alkyl halides is 3. The smallest absolute Gasteiger partial charge is 0.388 e. The molecule has 158 valence electrons. The quantitative estimate of drug-likeness (QED) is 0.463. The first kappa shape index (κ1) is 22.1. The number of amides is 1. The van der Waals surface area contributed by atoms with Gasteiger partial charge in [-0.1, -0.05) is 12.1 Å². The van der Waals surface area contributed by atoms with E-state index in [2.05, 4.69) is 0 Å². The maximum absolute atomic E-state index is 13.1. The number of rotatable bonds is 5. The molecule has 0 unspecified atom stereocenters. The normalized spacial score (nSPS) is 17.1. The number of carbonyl (C=O) groups is 1. The lowest BCUT2D eigenvalue weighted by Crippen LogP contribution is -2.42. The fourth-order valence-electron chi connectivity index (χ4n) is 3.15.